The summed E-state index contributed by atoms with van der Waals surface area (Å²) in [5, 5.41) is 0. The summed E-state index contributed by atoms with van der Waals surface area (Å²) in [5.41, 5.74) is 2.03. The first kappa shape index (κ1) is 18.4. The maximum Gasteiger partial charge on any atom is 0.251 e. The molecule has 1 unspecified atom stereocenters. The van der Waals surface area contributed by atoms with Crippen molar-refractivity contribution < 1.29 is 17.9 Å². The van der Waals surface area contributed by atoms with Gasteiger partial charge in [0, 0.05) is 25.7 Å². The van der Waals surface area contributed by atoms with Gasteiger partial charge in [0.25, 0.3) is 5.91 Å². The van der Waals surface area contributed by atoms with Gasteiger partial charge in [-0.3, -0.25) is 4.79 Å². The highest BCUT2D eigenvalue weighted by Gasteiger charge is 2.32. The Morgan fingerprint density at radius 1 is 1.16 bits per heavy atom. The van der Waals surface area contributed by atoms with Crippen molar-refractivity contribution in [2.45, 2.75) is 56.6 Å². The van der Waals surface area contributed by atoms with Crippen LogP contribution in [0.4, 0.5) is 0 Å². The first-order valence-electron chi connectivity index (χ1n) is 8.87. The van der Waals surface area contributed by atoms with Crippen LogP contribution in [0.5, 0.6) is 0 Å². The minimum absolute atomic E-state index is 0.0490. The molecule has 25 heavy (non-hydrogen) atoms. The van der Waals surface area contributed by atoms with Gasteiger partial charge in [0.15, 0.2) is 0 Å². The summed E-state index contributed by atoms with van der Waals surface area (Å²) in [6, 6.07) is 5.03. The fourth-order valence-corrected chi connectivity index (χ4v) is 4.75. The van der Waals surface area contributed by atoms with Gasteiger partial charge in [-0.05, 0) is 62.8 Å². The average molecular weight is 366 g/mol. The van der Waals surface area contributed by atoms with Gasteiger partial charge in [0.1, 0.15) is 6.10 Å². The Balaban J connectivity index is 1.57. The first-order chi connectivity index (χ1) is 11.9. The topological polar surface area (TPSA) is 75.7 Å². The largest absolute Gasteiger partial charge is 0.368 e. The van der Waals surface area contributed by atoms with Crippen LogP contribution < -0.4 is 4.72 Å². The number of aryl methyl sites for hydroxylation is 2. The third-order valence-corrected chi connectivity index (χ3v) is 6.64. The van der Waals surface area contributed by atoms with E-state index in [1.807, 2.05) is 19.9 Å². The molecule has 1 aromatic rings. The number of carbonyl (C=O) groups excluding carboxylic acids is 1. The highest BCUT2D eigenvalue weighted by Crippen LogP contribution is 2.20. The van der Waals surface area contributed by atoms with E-state index in [9.17, 15) is 13.2 Å². The molecule has 2 saturated heterocycles. The zero-order valence-corrected chi connectivity index (χ0v) is 15.6. The molecular formula is C18H26N2O4S. The Hall–Kier alpha value is -1.44. The third kappa shape index (κ3) is 4.22. The molecule has 2 aliphatic heterocycles. The predicted molar refractivity (Wildman–Crippen MR) is 94.8 cm³/mol. The Kier molecular flexibility index (Phi) is 5.46. The molecular weight excluding hydrogens is 340 g/mol. The predicted octanol–water partition coefficient (Wildman–Crippen LogP) is 1.75. The number of rotatable bonds is 4. The molecule has 3 rings (SSSR count). The molecule has 1 N–H and O–H groups in total. The number of nitrogens with zero attached hydrogens (tertiary/aromatic N) is 1. The van der Waals surface area contributed by atoms with Gasteiger partial charge in [0.05, 0.1) is 4.90 Å². The summed E-state index contributed by atoms with van der Waals surface area (Å²) < 4.78 is 33.4. The van der Waals surface area contributed by atoms with Crippen LogP contribution in [0.2, 0.25) is 0 Å². The second-order valence-electron chi connectivity index (χ2n) is 6.97. The Bertz CT molecular complexity index is 733. The van der Waals surface area contributed by atoms with Crippen LogP contribution >= 0.6 is 0 Å². The van der Waals surface area contributed by atoms with Crippen LogP contribution in [0.15, 0.2) is 23.1 Å². The first-order valence-corrected chi connectivity index (χ1v) is 10.3. The van der Waals surface area contributed by atoms with E-state index in [4.69, 9.17) is 4.74 Å². The molecule has 0 spiro atoms. The fourth-order valence-electron chi connectivity index (χ4n) is 3.36. The zero-order chi connectivity index (χ0) is 18.0. The summed E-state index contributed by atoms with van der Waals surface area (Å²) in [6.45, 7) is 5.66. The van der Waals surface area contributed by atoms with Crippen molar-refractivity contribution in [1.82, 2.24) is 9.62 Å². The molecule has 0 aliphatic carbocycles. The molecule has 2 aliphatic rings. The van der Waals surface area contributed by atoms with Gasteiger partial charge < -0.3 is 9.64 Å². The molecule has 1 aromatic carbocycles. The molecule has 7 heteroatoms. The van der Waals surface area contributed by atoms with E-state index < -0.39 is 10.0 Å². The number of hydrogen-bond acceptors (Lipinski definition) is 4. The molecule has 138 valence electrons. The van der Waals surface area contributed by atoms with Crippen LogP contribution in [-0.4, -0.2) is 51.1 Å². The number of piperidine rings is 1. The van der Waals surface area contributed by atoms with Gasteiger partial charge in [-0.15, -0.1) is 0 Å². The average Bonchev–Trinajstić information content (AvgIpc) is 3.11. The Morgan fingerprint density at radius 2 is 1.88 bits per heavy atom. The lowest BCUT2D eigenvalue weighted by Crippen LogP contribution is -2.49. The van der Waals surface area contributed by atoms with Gasteiger partial charge in [-0.2, -0.15) is 0 Å². The Morgan fingerprint density at radius 3 is 2.48 bits per heavy atom. The van der Waals surface area contributed by atoms with Crippen molar-refractivity contribution in [2.24, 2.45) is 0 Å². The van der Waals surface area contributed by atoms with Gasteiger partial charge in [0.2, 0.25) is 10.0 Å². The van der Waals surface area contributed by atoms with E-state index in [-0.39, 0.29) is 18.1 Å². The van der Waals surface area contributed by atoms with E-state index in [1.54, 1.807) is 17.0 Å². The summed E-state index contributed by atoms with van der Waals surface area (Å²) in [4.78, 5) is 14.4. The molecule has 2 fully saturated rings. The van der Waals surface area contributed by atoms with Crippen molar-refractivity contribution in [1.29, 1.82) is 0 Å². The summed E-state index contributed by atoms with van der Waals surface area (Å²) >= 11 is 0. The second-order valence-corrected chi connectivity index (χ2v) is 8.68. The number of benzene rings is 1. The highest BCUT2D eigenvalue weighted by molar-refractivity contribution is 7.89. The lowest BCUT2D eigenvalue weighted by atomic mass is 10.1. The number of ether oxygens (including phenoxy) is 1. The molecule has 0 aromatic heterocycles. The number of sulfonamides is 1. The molecule has 1 amide bonds. The van der Waals surface area contributed by atoms with Crippen LogP contribution in [0.25, 0.3) is 0 Å². The van der Waals surface area contributed by atoms with Gasteiger partial charge >= 0.3 is 0 Å². The fraction of sp³-hybridized carbons (Fsp3) is 0.611. The number of carbonyl (C=O) groups is 1. The maximum atomic E-state index is 12.6. The van der Waals surface area contributed by atoms with E-state index >= 15 is 0 Å². The standard InChI is InChI=1S/C18H26N2O4S/c1-13-5-6-16(12-14(13)2)25(22,23)19-15-7-9-20(10-8-15)18(21)17-4-3-11-24-17/h5-6,12,15,17,19H,3-4,7-11H2,1-2H3. The van der Waals surface area contributed by atoms with E-state index in [0.717, 1.165) is 24.0 Å². The van der Waals surface area contributed by atoms with E-state index in [0.29, 0.717) is 37.4 Å². The molecule has 0 radical (unpaired) electrons. The van der Waals surface area contributed by atoms with Crippen molar-refractivity contribution >= 4 is 15.9 Å². The maximum absolute atomic E-state index is 12.6. The van der Waals surface area contributed by atoms with E-state index in [1.165, 1.54) is 0 Å². The molecule has 6 nitrogen and oxygen atoms in total. The lowest BCUT2D eigenvalue weighted by Gasteiger charge is -2.33. The summed E-state index contributed by atoms with van der Waals surface area (Å²) in [5.74, 6) is 0.0490. The number of likely N-dealkylation sites (tertiary alicyclic amines) is 1. The van der Waals surface area contributed by atoms with Gasteiger partial charge in [-0.1, -0.05) is 6.07 Å². The normalized spacial score (nSPS) is 22.3. The van der Waals surface area contributed by atoms with Crippen molar-refractivity contribution in [2.75, 3.05) is 19.7 Å². The minimum Gasteiger partial charge on any atom is -0.368 e. The van der Waals surface area contributed by atoms with Crippen LogP contribution in [-0.2, 0) is 19.6 Å². The number of hydrogen-bond donors (Lipinski definition) is 1. The summed E-state index contributed by atoms with van der Waals surface area (Å²) in [6.07, 6.45) is 2.68. The quantitative estimate of drug-likeness (QED) is 0.881. The van der Waals surface area contributed by atoms with Crippen LogP contribution in [0, 0.1) is 13.8 Å². The van der Waals surface area contributed by atoms with Crippen molar-refractivity contribution in [3.05, 3.63) is 29.3 Å². The van der Waals surface area contributed by atoms with Crippen molar-refractivity contribution in [3.63, 3.8) is 0 Å². The van der Waals surface area contributed by atoms with Crippen LogP contribution in [0.1, 0.15) is 36.8 Å². The lowest BCUT2D eigenvalue weighted by molar-refractivity contribution is -0.142. The SMILES string of the molecule is Cc1ccc(S(=O)(=O)NC2CCN(C(=O)C3CCCO3)CC2)cc1C. The van der Waals surface area contributed by atoms with Crippen molar-refractivity contribution in [3.8, 4) is 0 Å². The monoisotopic (exact) mass is 366 g/mol. The van der Waals surface area contributed by atoms with Crippen LogP contribution in [0.3, 0.4) is 0 Å². The van der Waals surface area contributed by atoms with E-state index in [2.05, 4.69) is 4.72 Å². The highest BCUT2D eigenvalue weighted by atomic mass is 32.2. The van der Waals surface area contributed by atoms with Gasteiger partial charge in [-0.25, -0.2) is 13.1 Å². The second kappa shape index (κ2) is 7.43. The molecule has 1 atom stereocenters. The Labute approximate surface area is 149 Å². The minimum atomic E-state index is -3.53. The smallest absolute Gasteiger partial charge is 0.251 e. The molecule has 0 saturated carbocycles. The summed E-state index contributed by atoms with van der Waals surface area (Å²) in [7, 11) is -3.53. The zero-order valence-electron chi connectivity index (χ0n) is 14.8. The number of amides is 1. The molecule has 0 bridgehead atoms. The third-order valence-electron chi connectivity index (χ3n) is 5.12. The molecule has 2 heterocycles. The number of nitrogens with one attached hydrogen (secondary N) is 1.